The second-order valence-corrected chi connectivity index (χ2v) is 11.9. The first-order valence-electron chi connectivity index (χ1n) is 10.5. The molecule has 1 saturated heterocycles. The van der Waals surface area contributed by atoms with Gasteiger partial charge in [0.25, 0.3) is 5.78 Å². The number of amides is 1. The number of halogens is 1. The van der Waals surface area contributed by atoms with Gasteiger partial charge in [-0.2, -0.15) is 0 Å². The fraction of sp³-hybridized carbons (Fsp3) is 0.120. The zero-order valence-corrected chi connectivity index (χ0v) is 22.4. The van der Waals surface area contributed by atoms with Gasteiger partial charge in [0.15, 0.2) is 4.34 Å². The number of hydrogen-bond acceptors (Lipinski definition) is 8. The number of carbonyl (C=O) groups is 2. The van der Waals surface area contributed by atoms with Crippen LogP contribution in [-0.2, 0) is 15.3 Å². The van der Waals surface area contributed by atoms with Crippen LogP contribution in [0, 0.1) is 6.92 Å². The second kappa shape index (κ2) is 10.1. The smallest absolute Gasteiger partial charge is 0.301 e. The highest BCUT2D eigenvalue weighted by atomic mass is 79.9. The lowest BCUT2D eigenvalue weighted by atomic mass is 10.00. The topological polar surface area (TPSA) is 83.4 Å². The van der Waals surface area contributed by atoms with Gasteiger partial charge < -0.3 is 5.11 Å². The van der Waals surface area contributed by atoms with Crippen LogP contribution in [0.4, 0.5) is 5.13 Å². The van der Waals surface area contributed by atoms with E-state index in [2.05, 4.69) is 50.4 Å². The summed E-state index contributed by atoms with van der Waals surface area (Å²) in [6.45, 7) is 2.05. The van der Waals surface area contributed by atoms with Gasteiger partial charge in [0.05, 0.1) is 5.57 Å². The molecule has 1 amide bonds. The van der Waals surface area contributed by atoms with Gasteiger partial charge in [-0.05, 0) is 36.1 Å². The summed E-state index contributed by atoms with van der Waals surface area (Å²) in [5.74, 6) is -0.970. The van der Waals surface area contributed by atoms with Crippen molar-refractivity contribution in [3.8, 4) is 0 Å². The van der Waals surface area contributed by atoms with E-state index in [1.165, 1.54) is 44.9 Å². The standard InChI is InChI=1S/C25H18BrN3O3S3/c1-14-4-6-15(7-5-14)13-34-25-28-27-24(35-25)29-20(18-3-2-12-33-18)19(22(31)23(29)32)21(30)16-8-10-17(26)11-9-16/h2-12,20,30H,13H2,1H3/b21-19-. The molecule has 5 rings (SSSR count). The van der Waals surface area contributed by atoms with Crippen LogP contribution < -0.4 is 4.90 Å². The van der Waals surface area contributed by atoms with Crippen LogP contribution in [0.25, 0.3) is 5.76 Å². The Kier molecular flexibility index (Phi) is 6.88. The molecule has 0 spiro atoms. The fourth-order valence-corrected chi connectivity index (χ4v) is 6.61. The van der Waals surface area contributed by atoms with E-state index in [1.807, 2.05) is 24.4 Å². The Balaban J connectivity index is 1.49. The molecule has 4 aromatic rings. The van der Waals surface area contributed by atoms with Crippen LogP contribution in [0.3, 0.4) is 0 Å². The number of aryl methyl sites for hydroxylation is 1. The van der Waals surface area contributed by atoms with Gasteiger partial charge in [-0.25, -0.2) is 0 Å². The van der Waals surface area contributed by atoms with Crippen molar-refractivity contribution < 1.29 is 14.7 Å². The molecule has 176 valence electrons. The molecular weight excluding hydrogens is 566 g/mol. The zero-order chi connectivity index (χ0) is 24.5. The number of nitrogens with zero attached hydrogens (tertiary/aromatic N) is 3. The first-order valence-corrected chi connectivity index (χ1v) is 14.0. The summed E-state index contributed by atoms with van der Waals surface area (Å²) >= 11 is 7.57. The number of carbonyl (C=O) groups excluding carboxylic acids is 2. The summed E-state index contributed by atoms with van der Waals surface area (Å²) in [5.41, 5.74) is 2.86. The highest BCUT2D eigenvalue weighted by molar-refractivity contribution is 9.10. The molecular formula is C25H18BrN3O3S3. The highest BCUT2D eigenvalue weighted by Gasteiger charge is 2.48. The number of thiophene rings is 1. The average Bonchev–Trinajstić information content (AvgIpc) is 3.60. The normalized spacial score (nSPS) is 17.3. The second-order valence-electron chi connectivity index (χ2n) is 7.82. The molecule has 6 nitrogen and oxygen atoms in total. The zero-order valence-electron chi connectivity index (χ0n) is 18.3. The molecule has 2 aromatic carbocycles. The molecule has 3 heterocycles. The Hall–Kier alpha value is -2.79. The number of benzene rings is 2. The largest absolute Gasteiger partial charge is 0.507 e. The maximum Gasteiger partial charge on any atom is 0.301 e. The maximum atomic E-state index is 13.2. The Morgan fingerprint density at radius 1 is 1.09 bits per heavy atom. The third kappa shape index (κ3) is 4.84. The van der Waals surface area contributed by atoms with Crippen LogP contribution in [0.1, 0.15) is 27.6 Å². The Bertz CT molecular complexity index is 1410. The van der Waals surface area contributed by atoms with E-state index in [1.54, 1.807) is 24.3 Å². The number of anilines is 1. The SMILES string of the molecule is Cc1ccc(CSc2nnc(N3C(=O)C(=O)/C(=C(\O)c4ccc(Br)cc4)C3c3cccs3)s2)cc1. The minimum Gasteiger partial charge on any atom is -0.507 e. The predicted octanol–water partition coefficient (Wildman–Crippen LogP) is 6.59. The van der Waals surface area contributed by atoms with Crippen molar-refractivity contribution in [2.75, 3.05) is 4.90 Å². The van der Waals surface area contributed by atoms with Crippen molar-refractivity contribution in [2.45, 2.75) is 23.1 Å². The molecule has 0 aliphatic carbocycles. The van der Waals surface area contributed by atoms with E-state index in [9.17, 15) is 14.7 Å². The Morgan fingerprint density at radius 2 is 1.83 bits per heavy atom. The number of ketones is 1. The van der Waals surface area contributed by atoms with Gasteiger partial charge in [-0.3, -0.25) is 14.5 Å². The minimum absolute atomic E-state index is 0.0452. The fourth-order valence-electron chi connectivity index (χ4n) is 3.70. The highest BCUT2D eigenvalue weighted by Crippen LogP contribution is 2.45. The summed E-state index contributed by atoms with van der Waals surface area (Å²) in [6.07, 6.45) is 0. The summed E-state index contributed by atoms with van der Waals surface area (Å²) in [7, 11) is 0. The lowest BCUT2D eigenvalue weighted by Crippen LogP contribution is -2.29. The predicted molar refractivity (Wildman–Crippen MR) is 144 cm³/mol. The van der Waals surface area contributed by atoms with Crippen LogP contribution in [0.15, 0.2) is 80.4 Å². The van der Waals surface area contributed by atoms with Crippen molar-refractivity contribution in [3.05, 3.63) is 97.7 Å². The molecule has 1 fully saturated rings. The molecule has 1 aliphatic rings. The number of Topliss-reactive ketones (excluding diaryl/α,β-unsaturated/α-hetero) is 1. The van der Waals surface area contributed by atoms with Gasteiger partial charge in [-0.15, -0.1) is 21.5 Å². The van der Waals surface area contributed by atoms with Crippen LogP contribution in [0.2, 0.25) is 0 Å². The van der Waals surface area contributed by atoms with Gasteiger partial charge in [-0.1, -0.05) is 87.1 Å². The summed E-state index contributed by atoms with van der Waals surface area (Å²) in [6, 6.07) is 18.1. The Morgan fingerprint density at radius 3 is 2.51 bits per heavy atom. The molecule has 0 radical (unpaired) electrons. The van der Waals surface area contributed by atoms with Crippen molar-refractivity contribution in [2.24, 2.45) is 0 Å². The summed E-state index contributed by atoms with van der Waals surface area (Å²) in [4.78, 5) is 28.5. The van der Waals surface area contributed by atoms with E-state index < -0.39 is 17.7 Å². The van der Waals surface area contributed by atoms with E-state index in [0.29, 0.717) is 20.8 Å². The number of aliphatic hydroxyl groups is 1. The lowest BCUT2D eigenvalue weighted by Gasteiger charge is -2.20. The van der Waals surface area contributed by atoms with E-state index in [4.69, 9.17) is 0 Å². The molecule has 10 heteroatoms. The summed E-state index contributed by atoms with van der Waals surface area (Å²) in [5, 5.41) is 21.8. The van der Waals surface area contributed by atoms with Gasteiger partial charge in [0.2, 0.25) is 5.13 Å². The Labute approximate surface area is 222 Å². The number of aromatic nitrogens is 2. The third-order valence-electron chi connectivity index (χ3n) is 5.46. The van der Waals surface area contributed by atoms with Gasteiger partial charge >= 0.3 is 5.91 Å². The van der Waals surface area contributed by atoms with Gasteiger partial charge in [0.1, 0.15) is 11.8 Å². The molecule has 0 bridgehead atoms. The molecule has 1 unspecified atom stereocenters. The number of aliphatic hydroxyl groups excluding tert-OH is 1. The molecule has 0 saturated carbocycles. The number of rotatable bonds is 6. The number of thioether (sulfide) groups is 1. The minimum atomic E-state index is -0.776. The van der Waals surface area contributed by atoms with E-state index >= 15 is 0 Å². The first kappa shape index (κ1) is 23.9. The van der Waals surface area contributed by atoms with Crippen molar-refractivity contribution >= 4 is 72.9 Å². The van der Waals surface area contributed by atoms with Crippen molar-refractivity contribution in [1.29, 1.82) is 0 Å². The van der Waals surface area contributed by atoms with Crippen LogP contribution >= 0.6 is 50.4 Å². The molecule has 1 aliphatic heterocycles. The lowest BCUT2D eigenvalue weighted by molar-refractivity contribution is -0.132. The maximum absolute atomic E-state index is 13.2. The third-order valence-corrected chi connectivity index (χ3v) is 9.04. The number of hydrogen-bond donors (Lipinski definition) is 1. The van der Waals surface area contributed by atoms with Crippen molar-refractivity contribution in [3.63, 3.8) is 0 Å². The molecule has 35 heavy (non-hydrogen) atoms. The quantitative estimate of drug-likeness (QED) is 0.0906. The molecule has 1 atom stereocenters. The van der Waals surface area contributed by atoms with Crippen LogP contribution in [-0.4, -0.2) is 27.0 Å². The molecule has 1 N–H and O–H groups in total. The monoisotopic (exact) mass is 583 g/mol. The van der Waals surface area contributed by atoms with Crippen molar-refractivity contribution in [1.82, 2.24) is 10.2 Å². The summed E-state index contributed by atoms with van der Waals surface area (Å²) < 4.78 is 1.54. The van der Waals surface area contributed by atoms with Gasteiger partial charge in [0, 0.05) is 20.7 Å². The average molecular weight is 585 g/mol. The van der Waals surface area contributed by atoms with E-state index in [0.717, 1.165) is 14.9 Å². The first-order chi connectivity index (χ1) is 16.9. The molecule has 2 aromatic heterocycles. The van der Waals surface area contributed by atoms with E-state index in [-0.39, 0.29) is 11.3 Å². The van der Waals surface area contributed by atoms with Crippen LogP contribution in [0.5, 0.6) is 0 Å².